The SMILES string of the molecule is Cc1c(C(=O)N2CCCC(C3OCCO3)C2)sc2nc3n(c(=O)c12)CCCCC3. The Morgan fingerprint density at radius 3 is 2.79 bits per heavy atom. The minimum atomic E-state index is -0.198. The summed E-state index contributed by atoms with van der Waals surface area (Å²) in [5.41, 5.74) is 0.798. The number of carbonyl (C=O) groups excluding carboxylic acids is 1. The number of carbonyl (C=O) groups is 1. The standard InChI is InChI=1S/C21H27N3O4S/c1-13-16-18(22-15-7-3-2-4-9-24(15)19(16)25)29-17(13)20(26)23-8-5-6-14(12-23)21-27-10-11-28-21/h14,21H,2-12H2,1H3. The lowest BCUT2D eigenvalue weighted by Gasteiger charge is -2.34. The predicted molar refractivity (Wildman–Crippen MR) is 110 cm³/mol. The highest BCUT2D eigenvalue weighted by Gasteiger charge is 2.34. The summed E-state index contributed by atoms with van der Waals surface area (Å²) in [6.07, 6.45) is 5.79. The second-order valence-corrected chi connectivity index (χ2v) is 9.29. The quantitative estimate of drug-likeness (QED) is 0.751. The molecule has 5 rings (SSSR count). The molecule has 29 heavy (non-hydrogen) atoms. The summed E-state index contributed by atoms with van der Waals surface area (Å²) in [4.78, 5) is 34.6. The number of hydrogen-bond donors (Lipinski definition) is 0. The number of ether oxygens (including phenoxy) is 2. The van der Waals surface area contributed by atoms with E-state index in [4.69, 9.17) is 14.5 Å². The van der Waals surface area contributed by atoms with Crippen molar-refractivity contribution in [3.05, 3.63) is 26.6 Å². The van der Waals surface area contributed by atoms with Crippen molar-refractivity contribution in [2.45, 2.75) is 58.3 Å². The Balaban J connectivity index is 1.46. The minimum Gasteiger partial charge on any atom is -0.350 e. The first-order valence-corrected chi connectivity index (χ1v) is 11.5. The van der Waals surface area contributed by atoms with Gasteiger partial charge in [0.15, 0.2) is 6.29 Å². The zero-order valence-electron chi connectivity index (χ0n) is 16.8. The summed E-state index contributed by atoms with van der Waals surface area (Å²) in [7, 11) is 0. The van der Waals surface area contributed by atoms with Crippen LogP contribution in [0.2, 0.25) is 0 Å². The fourth-order valence-corrected chi connectivity index (χ4v) is 5.98. The van der Waals surface area contributed by atoms with Crippen LogP contribution in [0.25, 0.3) is 10.2 Å². The van der Waals surface area contributed by atoms with Gasteiger partial charge in [0, 0.05) is 32.0 Å². The molecule has 0 aromatic carbocycles. The maximum absolute atomic E-state index is 13.4. The highest BCUT2D eigenvalue weighted by Crippen LogP contribution is 2.32. The van der Waals surface area contributed by atoms with Crippen LogP contribution in [-0.2, 0) is 22.4 Å². The molecule has 5 heterocycles. The smallest absolute Gasteiger partial charge is 0.264 e. The summed E-state index contributed by atoms with van der Waals surface area (Å²) in [5.74, 6) is 1.09. The van der Waals surface area contributed by atoms with Gasteiger partial charge in [-0.25, -0.2) is 4.98 Å². The third kappa shape index (κ3) is 3.41. The van der Waals surface area contributed by atoms with E-state index in [9.17, 15) is 9.59 Å². The number of nitrogens with zero attached hydrogens (tertiary/aromatic N) is 3. The van der Waals surface area contributed by atoms with Gasteiger partial charge in [-0.05, 0) is 38.2 Å². The van der Waals surface area contributed by atoms with Gasteiger partial charge in [-0.15, -0.1) is 11.3 Å². The largest absolute Gasteiger partial charge is 0.350 e. The summed E-state index contributed by atoms with van der Waals surface area (Å²) >= 11 is 1.37. The van der Waals surface area contributed by atoms with Crippen LogP contribution in [0.3, 0.4) is 0 Å². The van der Waals surface area contributed by atoms with Crippen molar-refractivity contribution < 1.29 is 14.3 Å². The number of fused-ring (bicyclic) bond motifs is 2. The summed E-state index contributed by atoms with van der Waals surface area (Å²) in [5, 5.41) is 0.625. The van der Waals surface area contributed by atoms with Gasteiger partial charge in [-0.3, -0.25) is 14.2 Å². The Labute approximate surface area is 173 Å². The first kappa shape index (κ1) is 19.2. The number of hydrogen-bond acceptors (Lipinski definition) is 6. The number of aromatic nitrogens is 2. The lowest BCUT2D eigenvalue weighted by Crippen LogP contribution is -2.43. The fraction of sp³-hybridized carbons (Fsp3) is 0.667. The molecule has 1 unspecified atom stereocenters. The van der Waals surface area contributed by atoms with Gasteiger partial charge < -0.3 is 14.4 Å². The van der Waals surface area contributed by atoms with Crippen LogP contribution in [0.15, 0.2) is 4.79 Å². The van der Waals surface area contributed by atoms with Crippen LogP contribution in [0, 0.1) is 12.8 Å². The summed E-state index contributed by atoms with van der Waals surface area (Å²) in [6.45, 7) is 5.25. The van der Waals surface area contributed by atoms with Crippen molar-refractivity contribution in [1.29, 1.82) is 0 Å². The zero-order chi connectivity index (χ0) is 20.0. The first-order valence-electron chi connectivity index (χ1n) is 10.7. The number of rotatable bonds is 2. The third-order valence-corrected chi connectivity index (χ3v) is 7.56. The fourth-order valence-electron chi connectivity index (χ4n) is 4.82. The first-order chi connectivity index (χ1) is 14.1. The Bertz CT molecular complexity index is 992. The predicted octanol–water partition coefficient (Wildman–Crippen LogP) is 2.72. The molecule has 3 aliphatic heterocycles. The molecule has 7 nitrogen and oxygen atoms in total. The van der Waals surface area contributed by atoms with E-state index >= 15 is 0 Å². The molecule has 0 saturated carbocycles. The number of aryl methyl sites for hydroxylation is 2. The molecule has 2 aromatic heterocycles. The second-order valence-electron chi connectivity index (χ2n) is 8.30. The Morgan fingerprint density at radius 2 is 1.97 bits per heavy atom. The van der Waals surface area contributed by atoms with Crippen molar-refractivity contribution in [3.8, 4) is 0 Å². The topological polar surface area (TPSA) is 73.7 Å². The van der Waals surface area contributed by atoms with E-state index in [1.54, 1.807) is 0 Å². The lowest BCUT2D eigenvalue weighted by molar-refractivity contribution is -0.0969. The van der Waals surface area contributed by atoms with E-state index in [1.807, 2.05) is 16.4 Å². The normalized spacial score (nSPS) is 23.3. The van der Waals surface area contributed by atoms with Gasteiger partial charge in [0.25, 0.3) is 11.5 Å². The molecule has 3 aliphatic rings. The summed E-state index contributed by atoms with van der Waals surface area (Å²) in [6, 6.07) is 0. The van der Waals surface area contributed by atoms with Crippen LogP contribution in [0.5, 0.6) is 0 Å². The molecule has 0 radical (unpaired) electrons. The summed E-state index contributed by atoms with van der Waals surface area (Å²) < 4.78 is 13.2. The number of amides is 1. The van der Waals surface area contributed by atoms with Crippen LogP contribution >= 0.6 is 11.3 Å². The minimum absolute atomic E-state index is 0.00721. The van der Waals surface area contributed by atoms with Crippen molar-refractivity contribution in [1.82, 2.24) is 14.5 Å². The van der Waals surface area contributed by atoms with Crippen LogP contribution in [0.4, 0.5) is 0 Å². The second kappa shape index (κ2) is 7.81. The highest BCUT2D eigenvalue weighted by molar-refractivity contribution is 7.20. The van der Waals surface area contributed by atoms with E-state index in [2.05, 4.69) is 0 Å². The van der Waals surface area contributed by atoms with E-state index < -0.39 is 0 Å². The highest BCUT2D eigenvalue weighted by atomic mass is 32.1. The van der Waals surface area contributed by atoms with Crippen molar-refractivity contribution >= 4 is 27.5 Å². The van der Waals surface area contributed by atoms with E-state index in [-0.39, 0.29) is 23.7 Å². The molecular weight excluding hydrogens is 390 g/mol. The van der Waals surface area contributed by atoms with Crippen molar-refractivity contribution in [2.75, 3.05) is 26.3 Å². The molecular formula is C21H27N3O4S. The molecule has 2 fully saturated rings. The Morgan fingerprint density at radius 1 is 1.14 bits per heavy atom. The van der Waals surface area contributed by atoms with Crippen LogP contribution in [-0.4, -0.2) is 53.0 Å². The van der Waals surface area contributed by atoms with Gasteiger partial charge in [0.05, 0.1) is 23.5 Å². The molecule has 2 saturated heterocycles. The molecule has 2 aromatic rings. The van der Waals surface area contributed by atoms with E-state index in [0.717, 1.165) is 63.0 Å². The third-order valence-electron chi connectivity index (χ3n) is 6.38. The van der Waals surface area contributed by atoms with Gasteiger partial charge in [0.2, 0.25) is 0 Å². The van der Waals surface area contributed by atoms with Gasteiger partial charge in [-0.1, -0.05) is 6.42 Å². The lowest BCUT2D eigenvalue weighted by atomic mass is 9.97. The molecule has 0 bridgehead atoms. The van der Waals surface area contributed by atoms with Crippen molar-refractivity contribution in [3.63, 3.8) is 0 Å². The average Bonchev–Trinajstić information content (AvgIpc) is 3.31. The van der Waals surface area contributed by atoms with Crippen molar-refractivity contribution in [2.24, 2.45) is 5.92 Å². The van der Waals surface area contributed by atoms with E-state index in [1.165, 1.54) is 11.3 Å². The van der Waals surface area contributed by atoms with Crippen LogP contribution < -0.4 is 5.56 Å². The van der Waals surface area contributed by atoms with Gasteiger partial charge in [-0.2, -0.15) is 0 Å². The molecule has 8 heteroatoms. The van der Waals surface area contributed by atoms with Gasteiger partial charge in [0.1, 0.15) is 10.7 Å². The maximum atomic E-state index is 13.4. The average molecular weight is 418 g/mol. The van der Waals surface area contributed by atoms with Crippen LogP contribution in [0.1, 0.15) is 53.2 Å². The zero-order valence-corrected chi connectivity index (χ0v) is 17.6. The Kier molecular flexibility index (Phi) is 5.17. The Hall–Kier alpha value is -1.77. The molecule has 1 amide bonds. The molecule has 156 valence electrons. The number of likely N-dealkylation sites (tertiary alicyclic amines) is 1. The maximum Gasteiger partial charge on any atom is 0.264 e. The molecule has 0 spiro atoms. The molecule has 1 atom stereocenters. The molecule has 0 N–H and O–H groups in total. The van der Waals surface area contributed by atoms with E-state index in [0.29, 0.717) is 34.9 Å². The molecule has 0 aliphatic carbocycles. The monoisotopic (exact) mass is 417 g/mol. The number of thiophene rings is 1. The number of piperidine rings is 1. The van der Waals surface area contributed by atoms with Gasteiger partial charge >= 0.3 is 0 Å².